The molecular weight excluding hydrogens is 470 g/mol. The number of amides is 2. The van der Waals surface area contributed by atoms with Crippen LogP contribution in [-0.4, -0.2) is 64.5 Å². The predicted molar refractivity (Wildman–Crippen MR) is 124 cm³/mol. The van der Waals surface area contributed by atoms with E-state index < -0.39 is 15.9 Å². The second-order valence-corrected chi connectivity index (χ2v) is 9.99. The fourth-order valence-corrected chi connectivity index (χ4v) is 5.49. The van der Waals surface area contributed by atoms with Crippen LogP contribution in [0.5, 0.6) is 5.75 Å². The highest BCUT2D eigenvalue weighted by Crippen LogP contribution is 2.32. The number of anilines is 2. The molecule has 2 saturated heterocycles. The molecule has 11 heteroatoms. The number of sulfonamides is 1. The molecule has 0 aromatic heterocycles. The van der Waals surface area contributed by atoms with E-state index in [1.807, 2.05) is 0 Å². The van der Waals surface area contributed by atoms with Gasteiger partial charge < -0.3 is 19.7 Å². The Balaban J connectivity index is 1.61. The minimum Gasteiger partial charge on any atom is -0.495 e. The molecule has 0 spiro atoms. The van der Waals surface area contributed by atoms with Gasteiger partial charge in [-0.2, -0.15) is 4.31 Å². The van der Waals surface area contributed by atoms with E-state index in [2.05, 4.69) is 5.32 Å². The molecule has 0 bridgehead atoms. The second-order valence-electron chi connectivity index (χ2n) is 7.65. The van der Waals surface area contributed by atoms with Gasteiger partial charge in [0.2, 0.25) is 15.9 Å². The largest absolute Gasteiger partial charge is 0.495 e. The van der Waals surface area contributed by atoms with Gasteiger partial charge in [-0.05, 0) is 42.8 Å². The van der Waals surface area contributed by atoms with E-state index in [1.54, 1.807) is 23.1 Å². The fraction of sp³-hybridized carbons (Fsp3) is 0.364. The predicted octanol–water partition coefficient (Wildman–Crippen LogP) is 2.75. The van der Waals surface area contributed by atoms with Crippen molar-refractivity contribution in [3.63, 3.8) is 0 Å². The van der Waals surface area contributed by atoms with Gasteiger partial charge in [0.05, 0.1) is 41.6 Å². The first-order valence-corrected chi connectivity index (χ1v) is 12.3. The summed E-state index contributed by atoms with van der Waals surface area (Å²) in [5.41, 5.74) is 0.964. The number of benzene rings is 2. The summed E-state index contributed by atoms with van der Waals surface area (Å²) < 4.78 is 37.9. The Kier molecular flexibility index (Phi) is 6.89. The van der Waals surface area contributed by atoms with Crippen molar-refractivity contribution < 1.29 is 27.5 Å². The lowest BCUT2D eigenvalue weighted by Crippen LogP contribution is -2.40. The van der Waals surface area contributed by atoms with Crippen LogP contribution in [0.4, 0.5) is 11.4 Å². The number of halogens is 1. The van der Waals surface area contributed by atoms with Crippen LogP contribution in [0.15, 0.2) is 41.3 Å². The van der Waals surface area contributed by atoms with E-state index in [1.165, 1.54) is 29.6 Å². The maximum absolute atomic E-state index is 13.0. The third-order valence-electron chi connectivity index (χ3n) is 5.60. The van der Waals surface area contributed by atoms with Crippen LogP contribution in [0.2, 0.25) is 5.02 Å². The number of nitrogens with one attached hydrogen (secondary N) is 1. The molecule has 4 rings (SSSR count). The molecule has 0 atom stereocenters. The van der Waals surface area contributed by atoms with E-state index >= 15 is 0 Å². The van der Waals surface area contributed by atoms with Gasteiger partial charge in [-0.25, -0.2) is 8.42 Å². The van der Waals surface area contributed by atoms with Crippen molar-refractivity contribution in [3.8, 4) is 5.75 Å². The number of carbonyl (C=O) groups excluding carboxylic acids is 2. The molecule has 2 aliphatic heterocycles. The summed E-state index contributed by atoms with van der Waals surface area (Å²) in [6.07, 6.45) is 1.17. The van der Waals surface area contributed by atoms with Gasteiger partial charge in [-0.1, -0.05) is 11.6 Å². The van der Waals surface area contributed by atoms with Gasteiger partial charge in [0, 0.05) is 31.6 Å². The van der Waals surface area contributed by atoms with Gasteiger partial charge in [-0.3, -0.25) is 9.59 Å². The number of hydrogen-bond donors (Lipinski definition) is 1. The molecule has 0 radical (unpaired) electrons. The quantitative estimate of drug-likeness (QED) is 0.663. The molecule has 2 aliphatic rings. The van der Waals surface area contributed by atoms with Crippen LogP contribution in [0.1, 0.15) is 23.2 Å². The Morgan fingerprint density at radius 3 is 2.55 bits per heavy atom. The summed E-state index contributed by atoms with van der Waals surface area (Å²) in [5, 5.41) is 3.10. The van der Waals surface area contributed by atoms with Crippen LogP contribution in [0.3, 0.4) is 0 Å². The molecule has 0 unspecified atom stereocenters. The van der Waals surface area contributed by atoms with Crippen molar-refractivity contribution in [2.24, 2.45) is 0 Å². The molecule has 176 valence electrons. The molecule has 2 aromatic carbocycles. The highest BCUT2D eigenvalue weighted by atomic mass is 35.5. The lowest BCUT2D eigenvalue weighted by molar-refractivity contribution is -0.117. The topological polar surface area (TPSA) is 105 Å². The van der Waals surface area contributed by atoms with Crippen LogP contribution >= 0.6 is 11.6 Å². The van der Waals surface area contributed by atoms with Crippen LogP contribution < -0.4 is 15.0 Å². The van der Waals surface area contributed by atoms with Crippen LogP contribution in [0.25, 0.3) is 0 Å². The summed E-state index contributed by atoms with van der Waals surface area (Å²) in [4.78, 5) is 26.7. The van der Waals surface area contributed by atoms with E-state index in [4.69, 9.17) is 21.1 Å². The Bertz CT molecular complexity index is 1180. The first-order chi connectivity index (χ1) is 15.8. The van der Waals surface area contributed by atoms with Crippen molar-refractivity contribution in [2.45, 2.75) is 17.7 Å². The number of methoxy groups -OCH3 is 1. The molecule has 2 amide bonds. The lowest BCUT2D eigenvalue weighted by atomic mass is 10.1. The number of ether oxygens (including phenoxy) is 2. The minimum absolute atomic E-state index is 0.0416. The van der Waals surface area contributed by atoms with Crippen molar-refractivity contribution >= 4 is 44.8 Å². The normalized spacial score (nSPS) is 17.3. The fourth-order valence-electron chi connectivity index (χ4n) is 3.84. The number of rotatable bonds is 6. The molecule has 33 heavy (non-hydrogen) atoms. The number of nitrogens with zero attached hydrogens (tertiary/aromatic N) is 2. The maximum atomic E-state index is 13.0. The van der Waals surface area contributed by atoms with E-state index in [0.717, 1.165) is 6.42 Å². The van der Waals surface area contributed by atoms with E-state index in [9.17, 15) is 18.0 Å². The molecule has 9 nitrogen and oxygen atoms in total. The lowest BCUT2D eigenvalue weighted by Gasteiger charge is -2.26. The summed E-state index contributed by atoms with van der Waals surface area (Å²) in [5.74, 6) is -0.218. The average molecular weight is 494 g/mol. The van der Waals surface area contributed by atoms with Gasteiger partial charge in [0.1, 0.15) is 5.75 Å². The van der Waals surface area contributed by atoms with E-state index in [-0.39, 0.29) is 35.1 Å². The zero-order chi connectivity index (χ0) is 23.6. The SMILES string of the molecule is COc1ccc(S(=O)(=O)N2CCOCC2)cc1NC(=O)c1ccc(Cl)c(N2CCCC2=O)c1. The maximum Gasteiger partial charge on any atom is 0.255 e. The zero-order valence-corrected chi connectivity index (χ0v) is 19.6. The van der Waals surface area contributed by atoms with Crippen molar-refractivity contribution in [1.82, 2.24) is 4.31 Å². The Morgan fingerprint density at radius 2 is 1.88 bits per heavy atom. The average Bonchev–Trinajstić information content (AvgIpc) is 3.25. The minimum atomic E-state index is -3.75. The number of morpholine rings is 1. The first-order valence-electron chi connectivity index (χ1n) is 10.5. The molecular formula is C22H24ClN3O6S. The Hall–Kier alpha value is -2.66. The first kappa shape index (κ1) is 23.5. The zero-order valence-electron chi connectivity index (χ0n) is 18.0. The molecule has 1 N–H and O–H groups in total. The standard InChI is InChI=1S/C22H24ClN3O6S/c1-31-20-7-5-16(33(29,30)25-9-11-32-12-10-25)14-18(20)24-22(28)15-4-6-17(23)19(13-15)26-8-2-3-21(26)27/h4-7,13-14H,2-3,8-12H2,1H3,(H,24,28). The molecule has 2 fully saturated rings. The third kappa shape index (κ3) is 4.84. The van der Waals surface area contributed by atoms with Gasteiger partial charge >= 0.3 is 0 Å². The highest BCUT2D eigenvalue weighted by Gasteiger charge is 2.28. The highest BCUT2D eigenvalue weighted by molar-refractivity contribution is 7.89. The summed E-state index contributed by atoms with van der Waals surface area (Å²) >= 11 is 6.27. The smallest absolute Gasteiger partial charge is 0.255 e. The van der Waals surface area contributed by atoms with Crippen molar-refractivity contribution in [3.05, 3.63) is 47.0 Å². The Morgan fingerprint density at radius 1 is 1.12 bits per heavy atom. The second kappa shape index (κ2) is 9.68. The molecule has 0 saturated carbocycles. The third-order valence-corrected chi connectivity index (χ3v) is 7.81. The van der Waals surface area contributed by atoms with Crippen LogP contribution in [-0.2, 0) is 19.6 Å². The van der Waals surface area contributed by atoms with E-state index in [0.29, 0.717) is 42.6 Å². The van der Waals surface area contributed by atoms with Gasteiger partial charge in [0.25, 0.3) is 5.91 Å². The van der Waals surface area contributed by atoms with Gasteiger partial charge in [0.15, 0.2) is 0 Å². The molecule has 2 heterocycles. The summed E-state index contributed by atoms with van der Waals surface area (Å²) in [6.45, 7) is 1.73. The van der Waals surface area contributed by atoms with Gasteiger partial charge in [-0.15, -0.1) is 0 Å². The summed E-state index contributed by atoms with van der Waals surface area (Å²) in [6, 6.07) is 8.98. The van der Waals surface area contributed by atoms with Crippen molar-refractivity contribution in [1.29, 1.82) is 0 Å². The molecule has 0 aliphatic carbocycles. The Labute approximate surface area is 197 Å². The molecule has 2 aromatic rings. The number of hydrogen-bond acceptors (Lipinski definition) is 6. The monoisotopic (exact) mass is 493 g/mol. The summed E-state index contributed by atoms with van der Waals surface area (Å²) in [7, 11) is -2.32. The van der Waals surface area contributed by atoms with Crippen LogP contribution in [0, 0.1) is 0 Å². The number of carbonyl (C=O) groups is 2. The van der Waals surface area contributed by atoms with Crippen molar-refractivity contribution in [2.75, 3.05) is 50.2 Å².